The van der Waals surface area contributed by atoms with Gasteiger partial charge >= 0.3 is 5.97 Å². The summed E-state index contributed by atoms with van der Waals surface area (Å²) in [6.07, 6.45) is -0.796. The van der Waals surface area contributed by atoms with Crippen LogP contribution in [0.1, 0.15) is 17.3 Å². The van der Waals surface area contributed by atoms with Crippen LogP contribution in [0.5, 0.6) is 0 Å². The number of carbonyl (C=O) groups is 2. The maximum atomic E-state index is 11.7. The number of esters is 1. The Balaban J connectivity index is 2.66. The molecule has 5 heteroatoms. The molecule has 0 aliphatic heterocycles. The normalized spacial score (nSPS) is 11.7. The standard InChI is InChI=1S/C12H16N2O3/c1-8(11(15)14(2)3)17-12(16)9-4-6-10(13)7-5-9/h4-8H,13H2,1-3H3/t8-/m0/s1. The third-order valence-corrected chi connectivity index (χ3v) is 2.22. The molecule has 92 valence electrons. The van der Waals surface area contributed by atoms with Gasteiger partial charge in [0.1, 0.15) is 0 Å². The van der Waals surface area contributed by atoms with Gasteiger partial charge in [-0.1, -0.05) is 0 Å². The van der Waals surface area contributed by atoms with Crippen LogP contribution in [0.3, 0.4) is 0 Å². The van der Waals surface area contributed by atoms with E-state index in [4.69, 9.17) is 10.5 Å². The number of amides is 1. The summed E-state index contributed by atoms with van der Waals surface area (Å²) in [5.41, 5.74) is 6.44. The molecule has 0 spiro atoms. The van der Waals surface area contributed by atoms with Gasteiger partial charge in [0, 0.05) is 19.8 Å². The van der Waals surface area contributed by atoms with Gasteiger partial charge in [0.05, 0.1) is 5.56 Å². The summed E-state index contributed by atoms with van der Waals surface area (Å²) in [4.78, 5) is 24.5. The molecule has 5 nitrogen and oxygen atoms in total. The summed E-state index contributed by atoms with van der Waals surface area (Å²) in [7, 11) is 3.21. The van der Waals surface area contributed by atoms with Gasteiger partial charge in [0.15, 0.2) is 6.10 Å². The fraction of sp³-hybridized carbons (Fsp3) is 0.333. The lowest BCUT2D eigenvalue weighted by Crippen LogP contribution is -2.34. The van der Waals surface area contributed by atoms with Gasteiger partial charge in [0.25, 0.3) is 5.91 Å². The monoisotopic (exact) mass is 236 g/mol. The number of carbonyl (C=O) groups excluding carboxylic acids is 2. The molecule has 0 radical (unpaired) electrons. The van der Waals surface area contributed by atoms with Crippen molar-refractivity contribution in [1.29, 1.82) is 0 Å². The van der Waals surface area contributed by atoms with E-state index in [1.165, 1.54) is 11.8 Å². The minimum atomic E-state index is -0.796. The number of nitrogens with two attached hydrogens (primary N) is 1. The van der Waals surface area contributed by atoms with E-state index in [2.05, 4.69) is 0 Å². The average molecular weight is 236 g/mol. The fourth-order valence-electron chi connectivity index (χ4n) is 1.26. The highest BCUT2D eigenvalue weighted by atomic mass is 16.5. The summed E-state index contributed by atoms with van der Waals surface area (Å²) in [6.45, 7) is 1.54. The molecule has 0 aliphatic rings. The number of ether oxygens (including phenoxy) is 1. The van der Waals surface area contributed by atoms with Gasteiger partial charge in [-0.25, -0.2) is 4.79 Å². The van der Waals surface area contributed by atoms with Crippen LogP contribution in [0.15, 0.2) is 24.3 Å². The number of benzene rings is 1. The first-order valence-electron chi connectivity index (χ1n) is 5.19. The second-order valence-corrected chi connectivity index (χ2v) is 3.90. The van der Waals surface area contributed by atoms with Gasteiger partial charge in [-0.15, -0.1) is 0 Å². The smallest absolute Gasteiger partial charge is 0.338 e. The van der Waals surface area contributed by atoms with Crippen molar-refractivity contribution in [2.75, 3.05) is 19.8 Å². The van der Waals surface area contributed by atoms with Gasteiger partial charge in [0.2, 0.25) is 0 Å². The number of nitrogens with zero attached hydrogens (tertiary/aromatic N) is 1. The fourth-order valence-corrected chi connectivity index (χ4v) is 1.26. The largest absolute Gasteiger partial charge is 0.449 e. The second-order valence-electron chi connectivity index (χ2n) is 3.90. The predicted molar refractivity (Wildman–Crippen MR) is 64.4 cm³/mol. The SMILES string of the molecule is C[C@H](OC(=O)c1ccc(N)cc1)C(=O)N(C)C. The molecule has 0 saturated heterocycles. The molecular weight excluding hydrogens is 220 g/mol. The molecule has 1 aromatic carbocycles. The average Bonchev–Trinajstić information content (AvgIpc) is 2.28. The van der Waals surface area contributed by atoms with E-state index in [1.54, 1.807) is 38.4 Å². The van der Waals surface area contributed by atoms with Gasteiger partial charge in [-0.05, 0) is 31.2 Å². The molecule has 2 N–H and O–H groups in total. The topological polar surface area (TPSA) is 72.6 Å². The van der Waals surface area contributed by atoms with Crippen LogP contribution in [-0.4, -0.2) is 37.0 Å². The summed E-state index contributed by atoms with van der Waals surface area (Å²) >= 11 is 0. The lowest BCUT2D eigenvalue weighted by atomic mass is 10.2. The van der Waals surface area contributed by atoms with Gasteiger partial charge < -0.3 is 15.4 Å². The van der Waals surface area contributed by atoms with Crippen molar-refractivity contribution in [3.8, 4) is 0 Å². The maximum absolute atomic E-state index is 11.7. The Kier molecular flexibility index (Phi) is 4.09. The number of rotatable bonds is 3. The van der Waals surface area contributed by atoms with Crippen molar-refractivity contribution < 1.29 is 14.3 Å². The van der Waals surface area contributed by atoms with E-state index in [0.717, 1.165) is 0 Å². The molecule has 0 fully saturated rings. The third-order valence-electron chi connectivity index (χ3n) is 2.22. The Morgan fingerprint density at radius 2 is 1.76 bits per heavy atom. The number of likely N-dealkylation sites (N-methyl/N-ethyl adjacent to an activating group) is 1. The van der Waals surface area contributed by atoms with Crippen molar-refractivity contribution in [2.24, 2.45) is 0 Å². The third kappa shape index (κ3) is 3.48. The van der Waals surface area contributed by atoms with E-state index < -0.39 is 12.1 Å². The van der Waals surface area contributed by atoms with Crippen molar-refractivity contribution >= 4 is 17.6 Å². The molecule has 1 atom stereocenters. The van der Waals surface area contributed by atoms with E-state index in [9.17, 15) is 9.59 Å². The Bertz CT molecular complexity index is 412. The molecule has 1 rings (SSSR count). The lowest BCUT2D eigenvalue weighted by molar-refractivity contribution is -0.137. The van der Waals surface area contributed by atoms with Crippen LogP contribution in [-0.2, 0) is 9.53 Å². The zero-order valence-electron chi connectivity index (χ0n) is 10.1. The van der Waals surface area contributed by atoms with Crippen molar-refractivity contribution in [3.05, 3.63) is 29.8 Å². The number of nitrogen functional groups attached to an aromatic ring is 1. The Morgan fingerprint density at radius 3 is 2.24 bits per heavy atom. The molecule has 0 saturated carbocycles. The Labute approximate surface area is 100 Å². The van der Waals surface area contributed by atoms with Gasteiger partial charge in [-0.3, -0.25) is 4.79 Å². The number of hydrogen-bond donors (Lipinski definition) is 1. The number of anilines is 1. The summed E-state index contributed by atoms with van der Waals surface area (Å²) < 4.78 is 5.03. The van der Waals surface area contributed by atoms with Crippen molar-refractivity contribution in [3.63, 3.8) is 0 Å². The van der Waals surface area contributed by atoms with E-state index in [-0.39, 0.29) is 5.91 Å². The Morgan fingerprint density at radius 1 is 1.24 bits per heavy atom. The van der Waals surface area contributed by atoms with Crippen molar-refractivity contribution in [1.82, 2.24) is 4.90 Å². The highest BCUT2D eigenvalue weighted by Gasteiger charge is 2.19. The van der Waals surface area contributed by atoms with E-state index in [0.29, 0.717) is 11.3 Å². The first kappa shape index (κ1) is 13.0. The number of hydrogen-bond acceptors (Lipinski definition) is 4. The minimum absolute atomic E-state index is 0.256. The first-order valence-corrected chi connectivity index (χ1v) is 5.19. The zero-order valence-corrected chi connectivity index (χ0v) is 10.1. The molecule has 0 aliphatic carbocycles. The second kappa shape index (κ2) is 5.34. The van der Waals surface area contributed by atoms with Crippen LogP contribution < -0.4 is 5.73 Å². The molecule has 0 bridgehead atoms. The molecule has 0 aromatic heterocycles. The van der Waals surface area contributed by atoms with E-state index in [1.807, 2.05) is 0 Å². The molecule has 1 aromatic rings. The summed E-state index contributed by atoms with van der Waals surface area (Å²) in [5.74, 6) is -0.790. The lowest BCUT2D eigenvalue weighted by Gasteiger charge is -2.17. The van der Waals surface area contributed by atoms with Crippen LogP contribution in [0.4, 0.5) is 5.69 Å². The quantitative estimate of drug-likeness (QED) is 0.625. The molecule has 17 heavy (non-hydrogen) atoms. The van der Waals surface area contributed by atoms with Crippen LogP contribution in [0, 0.1) is 0 Å². The minimum Gasteiger partial charge on any atom is -0.449 e. The van der Waals surface area contributed by atoms with Gasteiger partial charge in [-0.2, -0.15) is 0 Å². The van der Waals surface area contributed by atoms with Crippen LogP contribution in [0.25, 0.3) is 0 Å². The summed E-state index contributed by atoms with van der Waals surface area (Å²) in [6, 6.07) is 6.33. The first-order chi connectivity index (χ1) is 7.91. The maximum Gasteiger partial charge on any atom is 0.338 e. The zero-order chi connectivity index (χ0) is 13.0. The summed E-state index contributed by atoms with van der Waals surface area (Å²) in [5, 5.41) is 0. The Hall–Kier alpha value is -2.04. The molecular formula is C12H16N2O3. The van der Waals surface area contributed by atoms with Crippen molar-refractivity contribution in [2.45, 2.75) is 13.0 Å². The van der Waals surface area contributed by atoms with Crippen LogP contribution in [0.2, 0.25) is 0 Å². The highest BCUT2D eigenvalue weighted by Crippen LogP contribution is 2.08. The van der Waals surface area contributed by atoms with Crippen LogP contribution >= 0.6 is 0 Å². The molecule has 0 unspecified atom stereocenters. The molecule has 0 heterocycles. The molecule has 1 amide bonds. The highest BCUT2D eigenvalue weighted by molar-refractivity contribution is 5.92. The van der Waals surface area contributed by atoms with E-state index >= 15 is 0 Å². The predicted octanol–water partition coefficient (Wildman–Crippen LogP) is 0.902.